The van der Waals surface area contributed by atoms with E-state index in [-0.39, 0.29) is 35.8 Å². The van der Waals surface area contributed by atoms with Crippen molar-refractivity contribution in [3.63, 3.8) is 0 Å². The number of carbonyl (C=O) groups excluding carboxylic acids is 1. The Morgan fingerprint density at radius 3 is 2.33 bits per heavy atom. The Bertz CT molecular complexity index is 1740. The maximum atomic E-state index is 12.1. The van der Waals surface area contributed by atoms with Gasteiger partial charge in [-0.1, -0.05) is 47.6 Å². The molecular formula is C33H33ClN6O4S2. The highest BCUT2D eigenvalue weighted by atomic mass is 35.5. The normalized spacial score (nSPS) is 11.8. The lowest BCUT2D eigenvalue weighted by molar-refractivity contribution is -0.146. The van der Waals surface area contributed by atoms with E-state index < -0.39 is 12.0 Å². The summed E-state index contributed by atoms with van der Waals surface area (Å²) in [4.78, 5) is 21.2. The van der Waals surface area contributed by atoms with Crippen molar-refractivity contribution in [2.75, 3.05) is 25.6 Å². The number of thiazole rings is 1. The van der Waals surface area contributed by atoms with Crippen LogP contribution >= 0.6 is 34.7 Å². The predicted octanol–water partition coefficient (Wildman–Crippen LogP) is 6.60. The standard InChI is InChI=1S/C33H33ClN6O4S2/c1-33(2,3)44-13-12-27(37)32(41)43-15-14-42-24-10-6-20(7-11-24)28-25(16-35)29(38)40-31(26(28)17-36)46-19-23-18-45-30(39-23)21-4-8-22(34)9-5-21/h4-11,18,27H,12-15,19,37H2,1-3H3,(H2,38,40). The number of nitrogen functional groups attached to an aromatic ring is 1. The van der Waals surface area contributed by atoms with Crippen LogP contribution in [0.4, 0.5) is 5.82 Å². The molecule has 0 radical (unpaired) electrons. The fraction of sp³-hybridized carbons (Fsp3) is 0.303. The summed E-state index contributed by atoms with van der Waals surface area (Å²) in [5.74, 6) is 0.467. The Kier molecular flexibility index (Phi) is 12.0. The van der Waals surface area contributed by atoms with E-state index in [2.05, 4.69) is 17.1 Å². The molecule has 1 atom stereocenters. The number of nitriles is 2. The van der Waals surface area contributed by atoms with Gasteiger partial charge in [-0.2, -0.15) is 10.5 Å². The molecule has 2 aromatic heterocycles. The quantitative estimate of drug-likeness (QED) is 0.0888. The van der Waals surface area contributed by atoms with Gasteiger partial charge in [0.1, 0.15) is 58.6 Å². The molecule has 0 aliphatic heterocycles. The second-order valence-electron chi connectivity index (χ2n) is 11.0. The van der Waals surface area contributed by atoms with Crippen molar-refractivity contribution in [3.8, 4) is 39.6 Å². The van der Waals surface area contributed by atoms with Crippen LogP contribution in [-0.2, 0) is 20.0 Å². The summed E-state index contributed by atoms with van der Waals surface area (Å²) in [7, 11) is 0. The summed E-state index contributed by atoms with van der Waals surface area (Å²) < 4.78 is 16.5. The zero-order valence-corrected chi connectivity index (χ0v) is 28.0. The molecule has 46 heavy (non-hydrogen) atoms. The van der Waals surface area contributed by atoms with Crippen LogP contribution in [0.15, 0.2) is 58.9 Å². The monoisotopic (exact) mass is 676 g/mol. The second-order valence-corrected chi connectivity index (χ2v) is 13.2. The van der Waals surface area contributed by atoms with E-state index in [0.717, 1.165) is 16.3 Å². The maximum absolute atomic E-state index is 12.1. The molecule has 0 aliphatic rings. The molecule has 4 rings (SSSR count). The van der Waals surface area contributed by atoms with Gasteiger partial charge in [0.25, 0.3) is 0 Å². The van der Waals surface area contributed by atoms with Crippen molar-refractivity contribution in [2.45, 2.75) is 49.6 Å². The van der Waals surface area contributed by atoms with Gasteiger partial charge in [0, 0.05) is 33.9 Å². The molecule has 0 saturated heterocycles. The number of rotatable bonds is 13. The highest BCUT2D eigenvalue weighted by Gasteiger charge is 2.21. The number of aromatic nitrogens is 2. The zero-order valence-electron chi connectivity index (χ0n) is 25.6. The molecule has 4 N–H and O–H groups in total. The van der Waals surface area contributed by atoms with Gasteiger partial charge in [0.2, 0.25) is 0 Å². The maximum Gasteiger partial charge on any atom is 0.323 e. The van der Waals surface area contributed by atoms with E-state index in [1.54, 1.807) is 24.3 Å². The predicted molar refractivity (Wildman–Crippen MR) is 180 cm³/mol. The number of thioether (sulfide) groups is 1. The molecule has 0 bridgehead atoms. The number of anilines is 1. The van der Waals surface area contributed by atoms with Crippen LogP contribution in [-0.4, -0.2) is 47.4 Å². The van der Waals surface area contributed by atoms with E-state index in [9.17, 15) is 15.3 Å². The first kappa shape index (κ1) is 34.7. The lowest BCUT2D eigenvalue weighted by Crippen LogP contribution is -2.35. The van der Waals surface area contributed by atoms with Crippen molar-refractivity contribution in [1.29, 1.82) is 10.5 Å². The number of ether oxygens (including phenoxy) is 3. The van der Waals surface area contributed by atoms with E-state index in [4.69, 9.17) is 42.3 Å². The lowest BCUT2D eigenvalue weighted by atomic mass is 9.97. The van der Waals surface area contributed by atoms with Gasteiger partial charge in [-0.25, -0.2) is 9.97 Å². The Hall–Kier alpha value is -4.17. The first-order valence-electron chi connectivity index (χ1n) is 14.2. The van der Waals surface area contributed by atoms with Crippen LogP contribution in [0.3, 0.4) is 0 Å². The van der Waals surface area contributed by atoms with E-state index in [1.807, 2.05) is 50.4 Å². The highest BCUT2D eigenvalue weighted by molar-refractivity contribution is 7.98. The van der Waals surface area contributed by atoms with Gasteiger partial charge in [-0.3, -0.25) is 4.79 Å². The first-order valence-corrected chi connectivity index (χ1v) is 16.5. The summed E-state index contributed by atoms with van der Waals surface area (Å²) in [5, 5.41) is 23.9. The largest absolute Gasteiger partial charge is 0.490 e. The van der Waals surface area contributed by atoms with Crippen molar-refractivity contribution in [3.05, 3.63) is 75.8 Å². The number of nitrogens with zero attached hydrogens (tertiary/aromatic N) is 4. The van der Waals surface area contributed by atoms with Crippen LogP contribution in [0.5, 0.6) is 5.75 Å². The molecule has 0 spiro atoms. The third-order valence-corrected chi connectivity index (χ3v) is 8.62. The van der Waals surface area contributed by atoms with Crippen LogP contribution in [0.1, 0.15) is 44.0 Å². The van der Waals surface area contributed by atoms with E-state index in [0.29, 0.717) is 45.7 Å². The minimum Gasteiger partial charge on any atom is -0.490 e. The number of hydrogen-bond donors (Lipinski definition) is 2. The van der Waals surface area contributed by atoms with Crippen molar-refractivity contribution >= 4 is 46.5 Å². The molecule has 0 saturated carbocycles. The number of esters is 1. The van der Waals surface area contributed by atoms with E-state index >= 15 is 0 Å². The molecule has 238 valence electrons. The van der Waals surface area contributed by atoms with Crippen molar-refractivity contribution in [1.82, 2.24) is 9.97 Å². The summed E-state index contributed by atoms with van der Waals surface area (Å²) in [6.07, 6.45) is 0.351. The zero-order chi connectivity index (χ0) is 33.3. The van der Waals surface area contributed by atoms with Gasteiger partial charge in [0.15, 0.2) is 0 Å². The van der Waals surface area contributed by atoms with Crippen molar-refractivity contribution in [2.24, 2.45) is 5.73 Å². The number of nitrogens with two attached hydrogens (primary N) is 2. The molecule has 0 aliphatic carbocycles. The van der Waals surface area contributed by atoms with Gasteiger partial charge in [0.05, 0.1) is 16.9 Å². The fourth-order valence-electron chi connectivity index (χ4n) is 4.17. The smallest absolute Gasteiger partial charge is 0.323 e. The molecule has 4 aromatic rings. The third-order valence-electron chi connectivity index (χ3n) is 6.42. The van der Waals surface area contributed by atoms with Gasteiger partial charge < -0.3 is 25.7 Å². The van der Waals surface area contributed by atoms with Gasteiger partial charge in [-0.05, 0) is 57.0 Å². The number of hydrogen-bond acceptors (Lipinski definition) is 12. The Morgan fingerprint density at radius 1 is 1.00 bits per heavy atom. The van der Waals surface area contributed by atoms with Crippen LogP contribution in [0, 0.1) is 22.7 Å². The molecule has 10 nitrogen and oxygen atoms in total. The van der Waals surface area contributed by atoms with Crippen LogP contribution < -0.4 is 16.2 Å². The number of benzene rings is 2. The van der Waals surface area contributed by atoms with Crippen LogP contribution in [0.25, 0.3) is 21.7 Å². The Balaban J connectivity index is 1.39. The molecule has 1 unspecified atom stereocenters. The number of pyridine rings is 1. The topological polar surface area (TPSA) is 170 Å². The third kappa shape index (κ3) is 9.42. The molecule has 0 fully saturated rings. The highest BCUT2D eigenvalue weighted by Crippen LogP contribution is 2.37. The Labute approximate surface area is 281 Å². The molecule has 13 heteroatoms. The van der Waals surface area contributed by atoms with Gasteiger partial charge in [-0.15, -0.1) is 11.3 Å². The summed E-state index contributed by atoms with van der Waals surface area (Å²) in [5.41, 5.74) is 14.9. The summed E-state index contributed by atoms with van der Waals surface area (Å²) in [6, 6.07) is 17.8. The average Bonchev–Trinajstić information content (AvgIpc) is 3.50. The summed E-state index contributed by atoms with van der Waals surface area (Å²) >= 11 is 8.83. The molecular weight excluding hydrogens is 644 g/mol. The second kappa shape index (κ2) is 15.9. The number of halogens is 1. The average molecular weight is 677 g/mol. The molecule has 2 aromatic carbocycles. The van der Waals surface area contributed by atoms with E-state index in [1.165, 1.54) is 23.1 Å². The summed E-state index contributed by atoms with van der Waals surface area (Å²) in [6.45, 7) is 6.27. The number of carbonyl (C=O) groups is 1. The van der Waals surface area contributed by atoms with Crippen molar-refractivity contribution < 1.29 is 19.0 Å². The fourth-order valence-corrected chi connectivity index (χ4v) is 6.11. The SMILES string of the molecule is CC(C)(C)OCCC(N)C(=O)OCCOc1ccc(-c2c(C#N)c(N)nc(SCc3csc(-c4ccc(Cl)cc4)n3)c2C#N)cc1. The minimum atomic E-state index is -0.783. The lowest BCUT2D eigenvalue weighted by Gasteiger charge is -2.20. The Morgan fingerprint density at radius 2 is 1.67 bits per heavy atom. The first-order chi connectivity index (χ1) is 22.0. The molecule has 2 heterocycles. The van der Waals surface area contributed by atoms with Gasteiger partial charge >= 0.3 is 5.97 Å². The molecule has 0 amide bonds. The minimum absolute atomic E-state index is 0.0211. The van der Waals surface area contributed by atoms with Crippen LogP contribution in [0.2, 0.25) is 5.02 Å².